The van der Waals surface area contributed by atoms with Gasteiger partial charge in [0, 0.05) is 5.41 Å². The molecule has 0 aliphatic carbocycles. The van der Waals surface area contributed by atoms with Crippen molar-refractivity contribution in [2.24, 2.45) is 11.1 Å². The molecule has 2 N–H and O–H groups in total. The summed E-state index contributed by atoms with van der Waals surface area (Å²) in [5.74, 6) is -0.330. The van der Waals surface area contributed by atoms with Crippen molar-refractivity contribution in [3.05, 3.63) is 0 Å². The molecule has 0 saturated carbocycles. The van der Waals surface area contributed by atoms with Crippen LogP contribution in [0.5, 0.6) is 0 Å². The maximum absolute atomic E-state index is 11.2. The Morgan fingerprint density at radius 3 is 2.67 bits per heavy atom. The first-order valence-electron chi connectivity index (χ1n) is 4.10. The lowest BCUT2D eigenvalue weighted by atomic mass is 9.81. The van der Waals surface area contributed by atoms with Gasteiger partial charge in [0.2, 0.25) is 0 Å². The Kier molecular flexibility index (Phi) is 2.69. The summed E-state index contributed by atoms with van der Waals surface area (Å²) >= 11 is 0. The van der Waals surface area contributed by atoms with Crippen LogP contribution in [0.1, 0.15) is 13.8 Å². The highest BCUT2D eigenvalue weighted by Gasteiger charge is 2.43. The lowest BCUT2D eigenvalue weighted by molar-refractivity contribution is -0.163. The summed E-state index contributed by atoms with van der Waals surface area (Å²) in [5, 5.41) is 0. The van der Waals surface area contributed by atoms with E-state index in [9.17, 15) is 4.79 Å². The van der Waals surface area contributed by atoms with Crippen molar-refractivity contribution in [3.8, 4) is 0 Å². The Bertz CT molecular complexity index is 177. The lowest BCUT2D eigenvalue weighted by Gasteiger charge is -2.41. The fraction of sp³-hybridized carbons (Fsp3) is 0.875. The van der Waals surface area contributed by atoms with E-state index in [0.29, 0.717) is 19.8 Å². The van der Waals surface area contributed by atoms with Gasteiger partial charge in [-0.3, -0.25) is 4.79 Å². The molecule has 0 spiro atoms. The Hall–Kier alpha value is -0.610. The second-order valence-electron chi connectivity index (χ2n) is 3.38. The topological polar surface area (TPSA) is 61.5 Å². The molecule has 1 atom stereocenters. The molecule has 0 aromatic rings. The fourth-order valence-electron chi connectivity index (χ4n) is 1.12. The van der Waals surface area contributed by atoms with Gasteiger partial charge in [0.15, 0.2) is 0 Å². The molecule has 1 aliphatic rings. The number of esters is 1. The van der Waals surface area contributed by atoms with Gasteiger partial charge < -0.3 is 15.2 Å². The minimum atomic E-state index is -0.550. The molecule has 1 heterocycles. The van der Waals surface area contributed by atoms with Gasteiger partial charge in [0.1, 0.15) is 6.04 Å². The standard InChI is InChI=1S/C8H15NO3/c1-3-12-7(10)6(9)8(2)4-11-5-8/h6H,3-5,9H2,1-2H3. The Labute approximate surface area is 72.0 Å². The molecule has 1 fully saturated rings. The zero-order valence-electron chi connectivity index (χ0n) is 7.50. The van der Waals surface area contributed by atoms with Crippen molar-refractivity contribution in [2.45, 2.75) is 19.9 Å². The van der Waals surface area contributed by atoms with Crippen LogP contribution in [0.4, 0.5) is 0 Å². The number of carbonyl (C=O) groups excluding carboxylic acids is 1. The lowest BCUT2D eigenvalue weighted by Crippen LogP contribution is -2.57. The molecule has 4 nitrogen and oxygen atoms in total. The first kappa shape index (κ1) is 9.48. The monoisotopic (exact) mass is 173 g/mol. The van der Waals surface area contributed by atoms with E-state index in [1.807, 2.05) is 6.92 Å². The largest absolute Gasteiger partial charge is 0.465 e. The summed E-state index contributed by atoms with van der Waals surface area (Å²) < 4.78 is 9.81. The van der Waals surface area contributed by atoms with E-state index in [1.54, 1.807) is 6.92 Å². The van der Waals surface area contributed by atoms with Crippen molar-refractivity contribution in [1.29, 1.82) is 0 Å². The molecule has 0 aromatic heterocycles. The third kappa shape index (κ3) is 1.59. The number of hydrogen-bond acceptors (Lipinski definition) is 4. The normalized spacial score (nSPS) is 22.6. The number of rotatable bonds is 3. The highest BCUT2D eigenvalue weighted by molar-refractivity contribution is 5.76. The van der Waals surface area contributed by atoms with E-state index in [0.717, 1.165) is 0 Å². The van der Waals surface area contributed by atoms with Crippen molar-refractivity contribution in [2.75, 3.05) is 19.8 Å². The summed E-state index contributed by atoms with van der Waals surface area (Å²) in [6.45, 7) is 5.17. The van der Waals surface area contributed by atoms with Crippen molar-refractivity contribution in [3.63, 3.8) is 0 Å². The first-order chi connectivity index (χ1) is 5.60. The molecule has 1 saturated heterocycles. The Morgan fingerprint density at radius 2 is 2.33 bits per heavy atom. The summed E-state index contributed by atoms with van der Waals surface area (Å²) in [4.78, 5) is 11.2. The quantitative estimate of drug-likeness (QED) is 0.606. The Balaban J connectivity index is 2.45. The van der Waals surface area contributed by atoms with Gasteiger partial charge in [-0.05, 0) is 6.92 Å². The van der Waals surface area contributed by atoms with Crippen molar-refractivity contribution < 1.29 is 14.3 Å². The van der Waals surface area contributed by atoms with E-state index in [1.165, 1.54) is 0 Å². The smallest absolute Gasteiger partial charge is 0.323 e. The summed E-state index contributed by atoms with van der Waals surface area (Å²) in [7, 11) is 0. The molecule has 0 bridgehead atoms. The van der Waals surface area contributed by atoms with Crippen LogP contribution in [0.15, 0.2) is 0 Å². The minimum Gasteiger partial charge on any atom is -0.465 e. The van der Waals surface area contributed by atoms with E-state index in [4.69, 9.17) is 15.2 Å². The molecule has 12 heavy (non-hydrogen) atoms. The maximum Gasteiger partial charge on any atom is 0.323 e. The molecule has 1 rings (SSSR count). The molecule has 0 aromatic carbocycles. The number of nitrogens with two attached hydrogens (primary N) is 1. The van der Waals surface area contributed by atoms with Crippen molar-refractivity contribution >= 4 is 5.97 Å². The molecular formula is C8H15NO3. The average Bonchev–Trinajstić information content (AvgIpc) is 1.99. The van der Waals surface area contributed by atoms with Crippen LogP contribution in [0.2, 0.25) is 0 Å². The van der Waals surface area contributed by atoms with Crippen LogP contribution in [0, 0.1) is 5.41 Å². The minimum absolute atomic E-state index is 0.216. The average molecular weight is 173 g/mol. The zero-order chi connectivity index (χ0) is 9.19. The third-order valence-corrected chi connectivity index (χ3v) is 2.15. The van der Waals surface area contributed by atoms with Gasteiger partial charge in [0.05, 0.1) is 19.8 Å². The predicted molar refractivity (Wildman–Crippen MR) is 43.5 cm³/mol. The second-order valence-corrected chi connectivity index (χ2v) is 3.38. The summed E-state index contributed by atoms with van der Waals surface area (Å²) in [6.07, 6.45) is 0. The SMILES string of the molecule is CCOC(=O)C(N)C1(C)COC1. The van der Waals surface area contributed by atoms with Crippen LogP contribution < -0.4 is 5.73 Å². The van der Waals surface area contributed by atoms with Gasteiger partial charge >= 0.3 is 5.97 Å². The van der Waals surface area contributed by atoms with Gasteiger partial charge in [0.25, 0.3) is 0 Å². The fourth-order valence-corrected chi connectivity index (χ4v) is 1.12. The molecule has 0 radical (unpaired) electrons. The number of ether oxygens (including phenoxy) is 2. The molecule has 70 valence electrons. The van der Waals surface area contributed by atoms with E-state index >= 15 is 0 Å². The van der Waals surface area contributed by atoms with Crippen LogP contribution >= 0.6 is 0 Å². The third-order valence-electron chi connectivity index (χ3n) is 2.15. The van der Waals surface area contributed by atoms with Gasteiger partial charge in [-0.2, -0.15) is 0 Å². The summed E-state index contributed by atoms with van der Waals surface area (Å²) in [6, 6.07) is -0.550. The Morgan fingerprint density at radius 1 is 1.75 bits per heavy atom. The second kappa shape index (κ2) is 3.41. The maximum atomic E-state index is 11.2. The van der Waals surface area contributed by atoms with Gasteiger partial charge in [-0.15, -0.1) is 0 Å². The van der Waals surface area contributed by atoms with Crippen LogP contribution in [-0.4, -0.2) is 31.8 Å². The van der Waals surface area contributed by atoms with E-state index < -0.39 is 6.04 Å². The predicted octanol–water partition coefficient (Wildman–Crippen LogP) is -0.0867. The van der Waals surface area contributed by atoms with Crippen molar-refractivity contribution in [1.82, 2.24) is 0 Å². The number of hydrogen-bond donors (Lipinski definition) is 1. The van der Waals surface area contributed by atoms with Gasteiger partial charge in [-0.25, -0.2) is 0 Å². The molecule has 0 amide bonds. The number of carbonyl (C=O) groups is 1. The zero-order valence-corrected chi connectivity index (χ0v) is 7.50. The molecule has 4 heteroatoms. The first-order valence-corrected chi connectivity index (χ1v) is 4.10. The molecule has 1 unspecified atom stereocenters. The highest BCUT2D eigenvalue weighted by Crippen LogP contribution is 2.29. The van der Waals surface area contributed by atoms with E-state index in [-0.39, 0.29) is 11.4 Å². The molecule has 1 aliphatic heterocycles. The highest BCUT2D eigenvalue weighted by atomic mass is 16.5. The van der Waals surface area contributed by atoms with Crippen LogP contribution in [0.3, 0.4) is 0 Å². The van der Waals surface area contributed by atoms with E-state index in [2.05, 4.69) is 0 Å². The summed E-state index contributed by atoms with van der Waals surface area (Å²) in [5.41, 5.74) is 5.47. The van der Waals surface area contributed by atoms with Crippen LogP contribution in [-0.2, 0) is 14.3 Å². The molecular weight excluding hydrogens is 158 g/mol. The van der Waals surface area contributed by atoms with Crippen LogP contribution in [0.25, 0.3) is 0 Å². The van der Waals surface area contributed by atoms with Gasteiger partial charge in [-0.1, -0.05) is 6.92 Å².